The molecule has 2 fully saturated rings. The van der Waals surface area contributed by atoms with Gasteiger partial charge in [-0.3, -0.25) is 9.69 Å². The predicted octanol–water partition coefficient (Wildman–Crippen LogP) is 2.48. The summed E-state index contributed by atoms with van der Waals surface area (Å²) >= 11 is 2.03. The van der Waals surface area contributed by atoms with E-state index < -0.39 is 0 Å². The van der Waals surface area contributed by atoms with E-state index in [0.29, 0.717) is 23.8 Å². The Kier molecular flexibility index (Phi) is 6.80. The molecule has 1 aromatic rings. The molecule has 142 valence electrons. The molecule has 2 aliphatic rings. The maximum absolute atomic E-state index is 12.6. The topological polar surface area (TPSA) is 64.7 Å². The van der Waals surface area contributed by atoms with Crippen LogP contribution in [0, 0.1) is 0 Å². The second-order valence-corrected chi connectivity index (χ2v) is 7.96. The van der Waals surface area contributed by atoms with E-state index in [-0.39, 0.29) is 11.9 Å². The monoisotopic (exact) mass is 376 g/mol. The van der Waals surface area contributed by atoms with E-state index in [9.17, 15) is 9.59 Å². The summed E-state index contributed by atoms with van der Waals surface area (Å²) in [5, 5.41) is 5.71. The molecule has 0 aliphatic carbocycles. The standard InChI is InChI=1S/C19H28N4O2S/c1-2-20-18(24)15-4-3-5-16(14-15)21-19(25)23-8-6-17(7-9-23)22-10-12-26-13-11-22/h3-5,14,17H,2,6-13H2,1H3,(H,20,24)(H,21,25). The van der Waals surface area contributed by atoms with Crippen molar-refractivity contribution in [3.63, 3.8) is 0 Å². The number of nitrogens with zero attached hydrogens (tertiary/aromatic N) is 2. The average molecular weight is 377 g/mol. The molecule has 1 aromatic carbocycles. The molecule has 0 spiro atoms. The summed E-state index contributed by atoms with van der Waals surface area (Å²) in [6.07, 6.45) is 2.08. The summed E-state index contributed by atoms with van der Waals surface area (Å²) in [6, 6.07) is 7.62. The minimum Gasteiger partial charge on any atom is -0.352 e. The van der Waals surface area contributed by atoms with E-state index >= 15 is 0 Å². The zero-order valence-electron chi connectivity index (χ0n) is 15.4. The summed E-state index contributed by atoms with van der Waals surface area (Å²) in [5.41, 5.74) is 1.22. The fourth-order valence-electron chi connectivity index (χ4n) is 3.58. The maximum atomic E-state index is 12.6. The molecule has 0 bridgehead atoms. The maximum Gasteiger partial charge on any atom is 0.321 e. The minimum absolute atomic E-state index is 0.0781. The number of nitrogens with one attached hydrogen (secondary N) is 2. The summed E-state index contributed by atoms with van der Waals surface area (Å²) in [7, 11) is 0. The number of hydrogen-bond donors (Lipinski definition) is 2. The molecule has 26 heavy (non-hydrogen) atoms. The first kappa shape index (κ1) is 19.0. The molecular formula is C19H28N4O2S. The lowest BCUT2D eigenvalue weighted by Crippen LogP contribution is -2.49. The zero-order chi connectivity index (χ0) is 18.4. The first-order valence-corrected chi connectivity index (χ1v) is 10.6. The van der Waals surface area contributed by atoms with Crippen molar-refractivity contribution in [3.8, 4) is 0 Å². The van der Waals surface area contributed by atoms with Crippen LogP contribution in [0.3, 0.4) is 0 Å². The Hall–Kier alpha value is -1.73. The Morgan fingerprint density at radius 3 is 2.58 bits per heavy atom. The van der Waals surface area contributed by atoms with E-state index in [0.717, 1.165) is 25.9 Å². The van der Waals surface area contributed by atoms with Gasteiger partial charge in [0.25, 0.3) is 5.91 Å². The highest BCUT2D eigenvalue weighted by atomic mass is 32.2. The molecule has 0 radical (unpaired) electrons. The minimum atomic E-state index is -0.121. The highest BCUT2D eigenvalue weighted by molar-refractivity contribution is 7.99. The summed E-state index contributed by atoms with van der Waals surface area (Å²) in [5.74, 6) is 2.33. The fraction of sp³-hybridized carbons (Fsp3) is 0.579. The first-order valence-electron chi connectivity index (χ1n) is 9.43. The molecule has 7 heteroatoms. The molecule has 6 nitrogen and oxygen atoms in total. The number of urea groups is 1. The van der Waals surface area contributed by atoms with Gasteiger partial charge in [0.1, 0.15) is 0 Å². The van der Waals surface area contributed by atoms with Crippen molar-refractivity contribution in [3.05, 3.63) is 29.8 Å². The van der Waals surface area contributed by atoms with Crippen molar-refractivity contribution in [1.82, 2.24) is 15.1 Å². The van der Waals surface area contributed by atoms with Gasteiger partial charge in [-0.1, -0.05) is 6.07 Å². The molecular weight excluding hydrogens is 348 g/mol. The van der Waals surface area contributed by atoms with Gasteiger partial charge in [0.15, 0.2) is 0 Å². The lowest BCUT2D eigenvalue weighted by atomic mass is 10.0. The molecule has 0 atom stereocenters. The molecule has 0 aromatic heterocycles. The number of thioether (sulfide) groups is 1. The number of carbonyl (C=O) groups excluding carboxylic acids is 2. The normalized spacial score (nSPS) is 19.2. The van der Waals surface area contributed by atoms with E-state index in [4.69, 9.17) is 0 Å². The van der Waals surface area contributed by atoms with Crippen molar-refractivity contribution in [1.29, 1.82) is 0 Å². The van der Waals surface area contributed by atoms with Crippen molar-refractivity contribution < 1.29 is 9.59 Å². The second kappa shape index (κ2) is 9.28. The number of amides is 3. The fourth-order valence-corrected chi connectivity index (χ4v) is 4.51. The Balaban J connectivity index is 1.51. The third kappa shape index (κ3) is 4.92. The number of carbonyl (C=O) groups is 2. The SMILES string of the molecule is CCNC(=O)c1cccc(NC(=O)N2CCC(N3CCSCC3)CC2)c1. The largest absolute Gasteiger partial charge is 0.352 e. The lowest BCUT2D eigenvalue weighted by Gasteiger charge is -2.40. The van der Waals surface area contributed by atoms with Crippen LogP contribution < -0.4 is 10.6 Å². The Labute approximate surface area is 159 Å². The highest BCUT2D eigenvalue weighted by Crippen LogP contribution is 2.21. The molecule has 2 aliphatic heterocycles. The van der Waals surface area contributed by atoms with Crippen LogP contribution in [0.2, 0.25) is 0 Å². The number of benzene rings is 1. The second-order valence-electron chi connectivity index (χ2n) is 6.74. The summed E-state index contributed by atoms with van der Waals surface area (Å²) in [6.45, 7) is 6.39. The van der Waals surface area contributed by atoms with Crippen LogP contribution in [0.5, 0.6) is 0 Å². The van der Waals surface area contributed by atoms with Crippen molar-refractivity contribution in [2.75, 3.05) is 49.5 Å². The number of likely N-dealkylation sites (tertiary alicyclic amines) is 1. The van der Waals surface area contributed by atoms with Gasteiger partial charge in [0, 0.05) is 61.5 Å². The molecule has 3 rings (SSSR count). The lowest BCUT2D eigenvalue weighted by molar-refractivity contribution is 0.0955. The number of piperidine rings is 1. The predicted molar refractivity (Wildman–Crippen MR) is 107 cm³/mol. The van der Waals surface area contributed by atoms with Gasteiger partial charge in [0.05, 0.1) is 0 Å². The number of anilines is 1. The van der Waals surface area contributed by atoms with Crippen molar-refractivity contribution in [2.24, 2.45) is 0 Å². The number of hydrogen-bond acceptors (Lipinski definition) is 4. The van der Waals surface area contributed by atoms with Crippen molar-refractivity contribution in [2.45, 2.75) is 25.8 Å². The van der Waals surface area contributed by atoms with E-state index in [1.54, 1.807) is 18.2 Å². The Morgan fingerprint density at radius 2 is 1.88 bits per heavy atom. The molecule has 3 amide bonds. The van der Waals surface area contributed by atoms with Crippen LogP contribution in [0.4, 0.5) is 10.5 Å². The number of rotatable bonds is 4. The first-order chi connectivity index (χ1) is 12.7. The molecule has 2 N–H and O–H groups in total. The molecule has 2 heterocycles. The third-order valence-electron chi connectivity index (χ3n) is 5.03. The van der Waals surface area contributed by atoms with E-state index in [1.807, 2.05) is 29.7 Å². The Bertz CT molecular complexity index is 626. The van der Waals surface area contributed by atoms with Gasteiger partial charge < -0.3 is 15.5 Å². The van der Waals surface area contributed by atoms with Gasteiger partial charge in [-0.05, 0) is 38.0 Å². The van der Waals surface area contributed by atoms with Crippen LogP contribution in [0.25, 0.3) is 0 Å². The van der Waals surface area contributed by atoms with Crippen LogP contribution >= 0.6 is 11.8 Å². The van der Waals surface area contributed by atoms with E-state index in [1.165, 1.54) is 24.6 Å². The molecule has 0 saturated carbocycles. The smallest absolute Gasteiger partial charge is 0.321 e. The molecule has 0 unspecified atom stereocenters. The summed E-state index contributed by atoms with van der Waals surface area (Å²) < 4.78 is 0. The van der Waals surface area contributed by atoms with Crippen LogP contribution in [-0.2, 0) is 0 Å². The van der Waals surface area contributed by atoms with Gasteiger partial charge in [0.2, 0.25) is 0 Å². The van der Waals surface area contributed by atoms with Gasteiger partial charge in [-0.15, -0.1) is 0 Å². The van der Waals surface area contributed by atoms with Gasteiger partial charge in [-0.2, -0.15) is 11.8 Å². The van der Waals surface area contributed by atoms with Gasteiger partial charge >= 0.3 is 6.03 Å². The van der Waals surface area contributed by atoms with Crippen LogP contribution in [0.1, 0.15) is 30.1 Å². The van der Waals surface area contributed by atoms with Crippen LogP contribution in [0.15, 0.2) is 24.3 Å². The average Bonchev–Trinajstić information content (AvgIpc) is 2.69. The van der Waals surface area contributed by atoms with Crippen molar-refractivity contribution >= 4 is 29.4 Å². The van der Waals surface area contributed by atoms with Crippen LogP contribution in [-0.4, -0.2) is 72.0 Å². The third-order valence-corrected chi connectivity index (χ3v) is 5.97. The molecule has 2 saturated heterocycles. The Morgan fingerprint density at radius 1 is 1.15 bits per heavy atom. The quantitative estimate of drug-likeness (QED) is 0.847. The van der Waals surface area contributed by atoms with Gasteiger partial charge in [-0.25, -0.2) is 4.79 Å². The zero-order valence-corrected chi connectivity index (χ0v) is 16.2. The summed E-state index contributed by atoms with van der Waals surface area (Å²) in [4.78, 5) is 29.0. The van der Waals surface area contributed by atoms with E-state index in [2.05, 4.69) is 15.5 Å². The highest BCUT2D eigenvalue weighted by Gasteiger charge is 2.27.